The number of nitrogens with zero attached hydrogens (tertiary/aromatic N) is 1. The van der Waals surface area contributed by atoms with Crippen molar-refractivity contribution in [2.75, 3.05) is 4.90 Å². The number of rotatable bonds is 4. The number of barbiturate groups is 1. The summed E-state index contributed by atoms with van der Waals surface area (Å²) in [4.78, 5) is 39.7. The van der Waals surface area contributed by atoms with Crippen LogP contribution in [0.3, 0.4) is 0 Å². The minimum absolute atomic E-state index is 0.208. The third-order valence-electron chi connectivity index (χ3n) is 4.71. The lowest BCUT2D eigenvalue weighted by Crippen LogP contribution is -2.54. The highest BCUT2D eigenvalue weighted by atomic mass is 35.5. The molecule has 0 unspecified atom stereocenters. The van der Waals surface area contributed by atoms with Crippen LogP contribution in [0.2, 0.25) is 5.02 Å². The van der Waals surface area contributed by atoms with Gasteiger partial charge in [-0.05, 0) is 61.9 Å². The first-order valence-corrected chi connectivity index (χ1v) is 10.5. The second-order valence-corrected chi connectivity index (χ2v) is 8.40. The lowest BCUT2D eigenvalue weighted by Gasteiger charge is -2.27. The van der Waals surface area contributed by atoms with Crippen molar-refractivity contribution in [1.82, 2.24) is 5.32 Å². The Balaban J connectivity index is 1.62. The number of carbonyl (C=O) groups is 3. The summed E-state index contributed by atoms with van der Waals surface area (Å²) in [6.07, 6.45) is 1.33. The average molecular weight is 453 g/mol. The lowest BCUT2D eigenvalue weighted by atomic mass is 10.1. The van der Waals surface area contributed by atoms with Crippen LogP contribution in [0.25, 0.3) is 6.08 Å². The van der Waals surface area contributed by atoms with Gasteiger partial charge in [0.15, 0.2) is 5.09 Å². The van der Waals surface area contributed by atoms with Gasteiger partial charge in [-0.1, -0.05) is 47.1 Å². The Kier molecular flexibility index (Phi) is 5.71. The fourth-order valence-corrected chi connectivity index (χ4v) is 3.99. The van der Waals surface area contributed by atoms with E-state index in [2.05, 4.69) is 5.32 Å². The van der Waals surface area contributed by atoms with E-state index in [1.807, 2.05) is 31.2 Å². The zero-order valence-electron chi connectivity index (χ0n) is 16.6. The summed E-state index contributed by atoms with van der Waals surface area (Å²) in [6, 6.07) is 15.4. The highest BCUT2D eigenvalue weighted by Gasteiger charge is 2.37. The van der Waals surface area contributed by atoms with Crippen LogP contribution in [0.5, 0.6) is 0 Å². The van der Waals surface area contributed by atoms with Gasteiger partial charge in [0.25, 0.3) is 11.8 Å². The quantitative estimate of drug-likeness (QED) is 0.425. The van der Waals surface area contributed by atoms with Gasteiger partial charge in [-0.2, -0.15) is 0 Å². The minimum atomic E-state index is -0.826. The van der Waals surface area contributed by atoms with Gasteiger partial charge in [0.2, 0.25) is 0 Å². The van der Waals surface area contributed by atoms with Crippen LogP contribution in [-0.4, -0.2) is 17.8 Å². The predicted molar refractivity (Wildman–Crippen MR) is 119 cm³/mol. The molecule has 0 spiro atoms. The van der Waals surface area contributed by atoms with Crippen molar-refractivity contribution >= 4 is 53.0 Å². The Bertz CT molecular complexity index is 1230. The van der Waals surface area contributed by atoms with Crippen molar-refractivity contribution in [3.63, 3.8) is 0 Å². The molecule has 156 valence electrons. The van der Waals surface area contributed by atoms with Crippen LogP contribution in [0, 0.1) is 13.8 Å². The Morgan fingerprint density at radius 3 is 2.48 bits per heavy atom. The molecular weight excluding hydrogens is 436 g/mol. The Hall–Kier alpha value is -3.29. The average Bonchev–Trinajstić information content (AvgIpc) is 3.17. The van der Waals surface area contributed by atoms with Crippen LogP contribution in [0.15, 0.2) is 74.6 Å². The van der Waals surface area contributed by atoms with Crippen molar-refractivity contribution in [2.24, 2.45) is 0 Å². The molecule has 3 aromatic rings. The lowest BCUT2D eigenvalue weighted by molar-refractivity contribution is -0.122. The first-order valence-electron chi connectivity index (χ1n) is 9.34. The molecule has 1 saturated heterocycles. The van der Waals surface area contributed by atoms with Gasteiger partial charge < -0.3 is 4.42 Å². The third-order valence-corrected chi connectivity index (χ3v) is 6.05. The van der Waals surface area contributed by atoms with E-state index >= 15 is 0 Å². The van der Waals surface area contributed by atoms with Crippen LogP contribution >= 0.6 is 23.4 Å². The van der Waals surface area contributed by atoms with Gasteiger partial charge in [-0.15, -0.1) is 0 Å². The number of nitrogens with one attached hydrogen (secondary N) is 1. The number of hydrogen-bond donors (Lipinski definition) is 1. The van der Waals surface area contributed by atoms with E-state index in [9.17, 15) is 14.4 Å². The molecule has 0 atom stereocenters. The first kappa shape index (κ1) is 21.0. The predicted octanol–water partition coefficient (Wildman–Crippen LogP) is 5.37. The number of imide groups is 2. The second-order valence-electron chi connectivity index (χ2n) is 6.91. The van der Waals surface area contributed by atoms with Gasteiger partial charge in [0.1, 0.15) is 11.3 Å². The highest BCUT2D eigenvalue weighted by molar-refractivity contribution is 7.99. The SMILES string of the molecule is Cc1ccc(Sc2ccc(/C=C3\C(=O)NC(=O)N(c4cccc(Cl)c4C)C3=O)o2)cc1. The fourth-order valence-electron chi connectivity index (χ4n) is 3.05. The van der Waals surface area contributed by atoms with E-state index in [0.717, 1.165) is 15.4 Å². The van der Waals surface area contributed by atoms with Crippen molar-refractivity contribution in [2.45, 2.75) is 23.8 Å². The van der Waals surface area contributed by atoms with Crippen molar-refractivity contribution in [1.29, 1.82) is 0 Å². The van der Waals surface area contributed by atoms with Crippen LogP contribution in [0.4, 0.5) is 10.5 Å². The van der Waals surface area contributed by atoms with Gasteiger partial charge in [-0.25, -0.2) is 9.69 Å². The first-order chi connectivity index (χ1) is 14.8. The topological polar surface area (TPSA) is 79.6 Å². The third kappa shape index (κ3) is 4.28. The number of aryl methyl sites for hydroxylation is 1. The normalized spacial score (nSPS) is 15.5. The van der Waals surface area contributed by atoms with E-state index in [0.29, 0.717) is 27.1 Å². The van der Waals surface area contributed by atoms with Crippen LogP contribution < -0.4 is 10.2 Å². The molecule has 6 nitrogen and oxygen atoms in total. The number of amides is 4. The Morgan fingerprint density at radius 1 is 1.00 bits per heavy atom. The van der Waals surface area contributed by atoms with E-state index in [1.165, 1.54) is 17.8 Å². The molecule has 1 fully saturated rings. The molecule has 0 aliphatic carbocycles. The number of hydrogen-bond acceptors (Lipinski definition) is 5. The molecule has 31 heavy (non-hydrogen) atoms. The van der Waals surface area contributed by atoms with Gasteiger partial charge >= 0.3 is 6.03 Å². The van der Waals surface area contributed by atoms with Crippen molar-refractivity contribution in [3.05, 3.63) is 82.1 Å². The summed E-state index contributed by atoms with van der Waals surface area (Å²) in [6.45, 7) is 3.70. The second kappa shape index (κ2) is 8.45. The minimum Gasteiger partial charge on any atom is -0.450 e. The van der Waals surface area contributed by atoms with E-state index in [4.69, 9.17) is 16.0 Å². The summed E-state index contributed by atoms with van der Waals surface area (Å²) in [7, 11) is 0. The Labute approximate surface area is 187 Å². The molecule has 2 heterocycles. The van der Waals surface area contributed by atoms with Crippen molar-refractivity contribution in [3.8, 4) is 0 Å². The molecule has 1 N–H and O–H groups in total. The number of halogens is 1. The molecule has 8 heteroatoms. The Morgan fingerprint density at radius 2 is 1.74 bits per heavy atom. The number of furan rings is 1. The smallest absolute Gasteiger partial charge is 0.335 e. The van der Waals surface area contributed by atoms with E-state index in [1.54, 1.807) is 37.3 Å². The standard InChI is InChI=1S/C23H17ClN2O4S/c1-13-6-9-16(10-7-13)31-20-11-8-15(30-20)12-17-21(27)25-23(29)26(22(17)28)19-5-3-4-18(24)14(19)2/h3-12H,1-2H3,(H,25,27,29)/b17-12+. The monoisotopic (exact) mass is 452 g/mol. The molecule has 0 saturated carbocycles. The largest absolute Gasteiger partial charge is 0.450 e. The number of carbonyl (C=O) groups excluding carboxylic acids is 3. The number of anilines is 1. The van der Waals surface area contributed by atoms with Gasteiger partial charge in [0, 0.05) is 9.92 Å². The van der Waals surface area contributed by atoms with E-state index in [-0.39, 0.29) is 5.57 Å². The molecule has 2 aromatic carbocycles. The molecule has 1 aromatic heterocycles. The summed E-state index contributed by atoms with van der Waals surface area (Å²) in [5.41, 5.74) is 1.81. The maximum Gasteiger partial charge on any atom is 0.335 e. The highest BCUT2D eigenvalue weighted by Crippen LogP contribution is 2.32. The van der Waals surface area contributed by atoms with Crippen LogP contribution in [-0.2, 0) is 9.59 Å². The summed E-state index contributed by atoms with van der Waals surface area (Å²) >= 11 is 7.55. The maximum atomic E-state index is 13.0. The van der Waals surface area contributed by atoms with Gasteiger partial charge in [0.05, 0.1) is 5.69 Å². The molecule has 0 bridgehead atoms. The molecule has 4 amide bonds. The van der Waals surface area contributed by atoms with Gasteiger partial charge in [-0.3, -0.25) is 14.9 Å². The maximum absolute atomic E-state index is 13.0. The van der Waals surface area contributed by atoms with E-state index < -0.39 is 17.8 Å². The number of urea groups is 1. The molecule has 1 aliphatic heterocycles. The fraction of sp³-hybridized carbons (Fsp3) is 0.0870. The molecule has 0 radical (unpaired) electrons. The molecular formula is C23H17ClN2O4S. The summed E-state index contributed by atoms with van der Waals surface area (Å²) < 4.78 is 5.76. The molecule has 4 rings (SSSR count). The van der Waals surface area contributed by atoms with Crippen LogP contribution in [0.1, 0.15) is 16.9 Å². The summed E-state index contributed by atoms with van der Waals surface area (Å²) in [5, 5.41) is 3.21. The molecule has 1 aliphatic rings. The zero-order chi connectivity index (χ0) is 22.1. The van der Waals surface area contributed by atoms with Crippen molar-refractivity contribution < 1.29 is 18.8 Å². The number of benzene rings is 2. The summed E-state index contributed by atoms with van der Waals surface area (Å²) in [5.74, 6) is -1.21. The zero-order valence-corrected chi connectivity index (χ0v) is 18.2.